The zero-order chi connectivity index (χ0) is 34.8. The summed E-state index contributed by atoms with van der Waals surface area (Å²) in [7, 11) is -4.06. The van der Waals surface area contributed by atoms with Crippen LogP contribution in [0.1, 0.15) is 93.0 Å². The summed E-state index contributed by atoms with van der Waals surface area (Å²) in [5.41, 5.74) is 13.1. The van der Waals surface area contributed by atoms with Gasteiger partial charge in [0.1, 0.15) is 18.0 Å². The van der Waals surface area contributed by atoms with Crippen molar-refractivity contribution in [1.29, 1.82) is 0 Å². The Balaban J connectivity index is 0.000000756. The van der Waals surface area contributed by atoms with Crippen molar-refractivity contribution < 1.29 is 38.3 Å². The summed E-state index contributed by atoms with van der Waals surface area (Å²) in [6, 6.07) is 8.41. The van der Waals surface area contributed by atoms with Crippen LogP contribution in [0.2, 0.25) is 0 Å². The average Bonchev–Trinajstić information content (AvgIpc) is 3.00. The number of aliphatic carboxylic acids is 1. The number of ether oxygens (including phenoxy) is 2. The van der Waals surface area contributed by atoms with E-state index in [-0.39, 0.29) is 42.4 Å². The van der Waals surface area contributed by atoms with E-state index in [9.17, 15) is 23.1 Å². The zero-order valence-electron chi connectivity index (χ0n) is 28.3. The van der Waals surface area contributed by atoms with E-state index in [4.69, 9.17) is 15.2 Å². The van der Waals surface area contributed by atoms with Crippen LogP contribution in [0.4, 0.5) is 4.79 Å². The van der Waals surface area contributed by atoms with Crippen LogP contribution < -0.4 is 31.3 Å². The maximum atomic E-state index is 13.3. The molecular formula is C34H51N5O7S. The summed E-state index contributed by atoms with van der Waals surface area (Å²) in [5.74, 6) is -1.07. The molecule has 260 valence electrons. The monoisotopic (exact) mass is 673 g/mol. The van der Waals surface area contributed by atoms with Gasteiger partial charge in [0, 0.05) is 6.54 Å². The number of hydrogen-bond donors (Lipinski definition) is 4. The molecule has 47 heavy (non-hydrogen) atoms. The van der Waals surface area contributed by atoms with Crippen LogP contribution in [0.3, 0.4) is 0 Å². The molecule has 0 saturated heterocycles. The highest BCUT2D eigenvalue weighted by Gasteiger charge is 2.33. The van der Waals surface area contributed by atoms with E-state index in [1.165, 1.54) is 32.1 Å². The van der Waals surface area contributed by atoms with Gasteiger partial charge in [-0.2, -0.15) is 0 Å². The van der Waals surface area contributed by atoms with Crippen molar-refractivity contribution in [3.05, 3.63) is 58.1 Å². The normalized spacial score (nSPS) is 16.9. The lowest BCUT2D eigenvalue weighted by atomic mass is 9.88. The van der Waals surface area contributed by atoms with Crippen molar-refractivity contribution in [2.45, 2.75) is 122 Å². The van der Waals surface area contributed by atoms with E-state index < -0.39 is 28.1 Å². The number of alkyl carbamates (subject to hydrolysis) is 1. The van der Waals surface area contributed by atoms with Crippen molar-refractivity contribution in [2.24, 2.45) is 10.7 Å². The Morgan fingerprint density at radius 3 is 2.36 bits per heavy atom. The third-order valence-corrected chi connectivity index (χ3v) is 10.2. The van der Waals surface area contributed by atoms with Crippen LogP contribution in [0.25, 0.3) is 0 Å². The van der Waals surface area contributed by atoms with Crippen LogP contribution in [-0.4, -0.2) is 50.7 Å². The lowest BCUT2D eigenvalue weighted by Crippen LogP contribution is -2.61. The number of fused-ring (bicyclic) bond motifs is 1. The number of guanidine groups is 1. The standard InChI is InChI=1S/C28H38N4O7S.C6H13N/c1-17-18(2)24(19(3)21-13-14-28(4,5)39-23(17)21)40(36,37)32-26(29)30-15-9-12-22(25(33)34)31-27(35)38-16-20-10-7-6-8-11-20;7-6-4-2-1-3-5-6/h6-8,10-11,22H,9,12-16H2,1-5H3,(H,31,35)(H,33,34)(H3,29,30,32);6H,1-5,7H2/t22-;/m0./s1. The number of carboxylic acid groups (broad SMARTS) is 1. The highest BCUT2D eigenvalue weighted by molar-refractivity contribution is 7.90. The molecule has 1 aliphatic carbocycles. The molecule has 1 amide bonds. The zero-order valence-corrected chi connectivity index (χ0v) is 29.1. The fourth-order valence-electron chi connectivity index (χ4n) is 5.81. The van der Waals surface area contributed by atoms with Gasteiger partial charge in [0.05, 0.1) is 22.9 Å². The third kappa shape index (κ3) is 11.1. The first kappa shape index (κ1) is 37.6. The molecule has 2 aliphatic rings. The van der Waals surface area contributed by atoms with E-state index in [0.717, 1.165) is 34.9 Å². The quantitative estimate of drug-likeness (QED) is 0.168. The number of benzene rings is 2. The van der Waals surface area contributed by atoms with E-state index in [0.29, 0.717) is 17.5 Å². The minimum absolute atomic E-state index is 0.0128. The topological polar surface area (TPSA) is 200 Å². The Hall–Kier alpha value is -3.84. The molecular weight excluding hydrogens is 622 g/mol. The smallest absolute Gasteiger partial charge is 0.407 e. The number of nitrogens with one attached hydrogen (secondary N) is 2. The van der Waals surface area contributed by atoms with Gasteiger partial charge >= 0.3 is 6.09 Å². The van der Waals surface area contributed by atoms with Crippen LogP contribution >= 0.6 is 0 Å². The summed E-state index contributed by atoms with van der Waals surface area (Å²) in [6.45, 7) is 9.34. The molecule has 0 aromatic heterocycles. The van der Waals surface area contributed by atoms with Crippen LogP contribution in [0, 0.1) is 20.8 Å². The SMILES string of the molecule is Cc1c(C)c(S(=O)(=O)NC(N)=NCCC[C@H](NC(=O)OCc2ccccc2)C(=O)[O-])c(C)c2c1OC(C)(C)CC2.[NH3+]C1CCCCC1. The van der Waals surface area contributed by atoms with Gasteiger partial charge in [0.15, 0.2) is 0 Å². The van der Waals surface area contributed by atoms with Gasteiger partial charge in [-0.1, -0.05) is 36.8 Å². The summed E-state index contributed by atoms with van der Waals surface area (Å²) < 4.78 is 40.2. The van der Waals surface area contributed by atoms with Crippen LogP contribution in [0.5, 0.6) is 5.75 Å². The molecule has 1 aliphatic heterocycles. The first-order chi connectivity index (χ1) is 22.1. The third-order valence-electron chi connectivity index (χ3n) is 8.62. The van der Waals surface area contributed by atoms with E-state index in [1.54, 1.807) is 38.1 Å². The van der Waals surface area contributed by atoms with E-state index >= 15 is 0 Å². The van der Waals surface area contributed by atoms with Crippen molar-refractivity contribution in [2.75, 3.05) is 6.54 Å². The predicted octanol–water partition coefficient (Wildman–Crippen LogP) is 2.69. The molecule has 1 saturated carbocycles. The van der Waals surface area contributed by atoms with Gasteiger partial charge in [-0.15, -0.1) is 0 Å². The molecule has 1 fully saturated rings. The minimum Gasteiger partial charge on any atom is -0.548 e. The number of rotatable bonds is 10. The molecule has 1 heterocycles. The van der Waals surface area contributed by atoms with E-state index in [1.807, 2.05) is 26.8 Å². The summed E-state index contributed by atoms with van der Waals surface area (Å²) in [6.07, 6.45) is 7.76. The number of hydrogen-bond acceptors (Lipinski definition) is 8. The Morgan fingerprint density at radius 1 is 1.11 bits per heavy atom. The lowest BCUT2D eigenvalue weighted by molar-refractivity contribution is -0.425. The molecule has 2 aromatic rings. The first-order valence-corrected chi connectivity index (χ1v) is 17.7. The Labute approximate surface area is 278 Å². The van der Waals surface area contributed by atoms with Crippen molar-refractivity contribution in [1.82, 2.24) is 10.0 Å². The van der Waals surface area contributed by atoms with Crippen molar-refractivity contribution in [3.8, 4) is 5.75 Å². The molecule has 0 unspecified atom stereocenters. The number of carbonyl (C=O) groups excluding carboxylic acids is 2. The molecule has 4 rings (SSSR count). The largest absolute Gasteiger partial charge is 0.548 e. The number of nitrogens with two attached hydrogens (primary N) is 1. The summed E-state index contributed by atoms with van der Waals surface area (Å²) >= 11 is 0. The number of sulfonamides is 1. The molecule has 12 nitrogen and oxygen atoms in total. The second-order valence-electron chi connectivity index (χ2n) is 13.0. The van der Waals surface area contributed by atoms with E-state index in [2.05, 4.69) is 20.8 Å². The van der Waals surface area contributed by atoms with Crippen LogP contribution in [0.15, 0.2) is 40.2 Å². The molecule has 0 spiro atoms. The van der Waals surface area contributed by atoms with Gasteiger partial charge in [0.2, 0.25) is 5.96 Å². The number of nitrogens with zero attached hydrogens (tertiary/aromatic N) is 1. The highest BCUT2D eigenvalue weighted by atomic mass is 32.2. The van der Waals surface area contributed by atoms with Gasteiger partial charge in [-0.05, 0) is 114 Å². The van der Waals surface area contributed by atoms with Gasteiger partial charge in [-0.3, -0.25) is 4.99 Å². The minimum atomic E-state index is -4.06. The second-order valence-corrected chi connectivity index (χ2v) is 14.6. The highest BCUT2D eigenvalue weighted by Crippen LogP contribution is 2.42. The molecule has 0 radical (unpaired) electrons. The predicted molar refractivity (Wildman–Crippen MR) is 178 cm³/mol. The molecule has 1 atom stereocenters. The average molecular weight is 674 g/mol. The lowest BCUT2D eigenvalue weighted by Gasteiger charge is -2.35. The Bertz CT molecular complexity index is 1520. The maximum absolute atomic E-state index is 13.3. The van der Waals surface area contributed by atoms with Crippen molar-refractivity contribution in [3.63, 3.8) is 0 Å². The second kappa shape index (κ2) is 16.8. The molecule has 0 bridgehead atoms. The Kier molecular flexibility index (Phi) is 13.5. The number of amides is 1. The van der Waals surface area contributed by atoms with Gasteiger partial charge in [-0.25, -0.2) is 17.9 Å². The first-order valence-electron chi connectivity index (χ1n) is 16.3. The fourth-order valence-corrected chi connectivity index (χ4v) is 7.33. The number of carboxylic acids is 1. The molecule has 13 heteroatoms. The number of quaternary nitrogens is 1. The molecule has 7 N–H and O–H groups in total. The van der Waals surface area contributed by atoms with Gasteiger partial charge < -0.3 is 36.2 Å². The maximum Gasteiger partial charge on any atom is 0.407 e. The van der Waals surface area contributed by atoms with Crippen molar-refractivity contribution >= 4 is 28.0 Å². The van der Waals surface area contributed by atoms with Gasteiger partial charge in [0.25, 0.3) is 10.0 Å². The number of carbonyl (C=O) groups is 2. The fraction of sp³-hybridized carbons (Fsp3) is 0.559. The summed E-state index contributed by atoms with van der Waals surface area (Å²) in [5, 5.41) is 13.7. The Morgan fingerprint density at radius 2 is 1.77 bits per heavy atom. The van der Waals surface area contributed by atoms with Crippen LogP contribution in [-0.2, 0) is 32.6 Å². The molecule has 2 aromatic carbocycles. The summed E-state index contributed by atoms with van der Waals surface area (Å²) in [4.78, 5) is 27.6. The number of aliphatic imine (C=N–C) groups is 1.